The van der Waals surface area contributed by atoms with Crippen LogP contribution in [0.1, 0.15) is 22.8 Å². The van der Waals surface area contributed by atoms with E-state index < -0.39 is 0 Å². The second-order valence-corrected chi connectivity index (χ2v) is 4.89. The molecule has 2 aromatic rings. The van der Waals surface area contributed by atoms with Gasteiger partial charge in [-0.1, -0.05) is 42.5 Å². The van der Waals surface area contributed by atoms with E-state index in [1.54, 1.807) is 0 Å². The quantitative estimate of drug-likeness (QED) is 0.928. The minimum absolute atomic E-state index is 0.0156. The molecule has 0 radical (unpaired) electrons. The van der Waals surface area contributed by atoms with Gasteiger partial charge in [-0.25, -0.2) is 0 Å². The Bertz CT molecular complexity index is 580. The van der Waals surface area contributed by atoms with E-state index in [1.807, 2.05) is 30.3 Å². The molecule has 3 heteroatoms. The van der Waals surface area contributed by atoms with Gasteiger partial charge in [-0.2, -0.15) is 0 Å². The Morgan fingerprint density at radius 1 is 1.10 bits per heavy atom. The third kappa shape index (κ3) is 2.69. The molecule has 0 aromatic heterocycles. The number of aliphatic hydroxyl groups excluding tert-OH is 1. The Morgan fingerprint density at radius 2 is 1.90 bits per heavy atom. The average Bonchev–Trinajstić information content (AvgIpc) is 2.53. The first kappa shape index (κ1) is 13.2. The van der Waals surface area contributed by atoms with Gasteiger partial charge in [0.05, 0.1) is 13.2 Å². The molecule has 1 heterocycles. The number of aliphatic hydroxyl groups is 1. The predicted octanol–water partition coefficient (Wildman–Crippen LogP) is 2.87. The van der Waals surface area contributed by atoms with Crippen LogP contribution in [0, 0.1) is 0 Å². The molecule has 1 unspecified atom stereocenters. The first-order valence-corrected chi connectivity index (χ1v) is 6.89. The van der Waals surface area contributed by atoms with Gasteiger partial charge in [-0.05, 0) is 23.6 Å². The molecule has 0 spiro atoms. The summed E-state index contributed by atoms with van der Waals surface area (Å²) in [6.45, 7) is 1.18. The molecule has 0 saturated carbocycles. The Morgan fingerprint density at radius 3 is 2.80 bits per heavy atom. The van der Waals surface area contributed by atoms with Crippen LogP contribution in [-0.2, 0) is 17.8 Å². The molecule has 2 aromatic carbocycles. The first-order valence-electron chi connectivity index (χ1n) is 6.89. The van der Waals surface area contributed by atoms with Gasteiger partial charge in [-0.15, -0.1) is 0 Å². The van der Waals surface area contributed by atoms with Crippen LogP contribution in [0.4, 0.5) is 0 Å². The highest BCUT2D eigenvalue weighted by atomic mass is 16.5. The van der Waals surface area contributed by atoms with Crippen LogP contribution in [0.5, 0.6) is 5.75 Å². The van der Waals surface area contributed by atoms with Crippen LogP contribution in [0.2, 0.25) is 0 Å². The smallest absolute Gasteiger partial charge is 0.124 e. The summed E-state index contributed by atoms with van der Waals surface area (Å²) in [6.07, 6.45) is 0.923. The van der Waals surface area contributed by atoms with Crippen molar-refractivity contribution in [3.8, 4) is 5.75 Å². The van der Waals surface area contributed by atoms with E-state index in [9.17, 15) is 5.11 Å². The van der Waals surface area contributed by atoms with Gasteiger partial charge in [0.15, 0.2) is 0 Å². The third-order valence-electron chi connectivity index (χ3n) is 3.63. The summed E-state index contributed by atoms with van der Waals surface area (Å²) in [5, 5.41) is 9.30. The maximum absolute atomic E-state index is 9.30. The fourth-order valence-corrected chi connectivity index (χ4v) is 2.56. The molecule has 0 amide bonds. The SMILES string of the molecule is OCc1ccccc1OCC1OCCc2ccccc21. The first-order chi connectivity index (χ1) is 9.88. The molecule has 3 nitrogen and oxygen atoms in total. The number of benzene rings is 2. The molecule has 0 bridgehead atoms. The van der Waals surface area contributed by atoms with Crippen LogP contribution >= 0.6 is 0 Å². The fourth-order valence-electron chi connectivity index (χ4n) is 2.56. The largest absolute Gasteiger partial charge is 0.490 e. The van der Waals surface area contributed by atoms with E-state index in [0.717, 1.165) is 24.3 Å². The van der Waals surface area contributed by atoms with Crippen molar-refractivity contribution in [2.75, 3.05) is 13.2 Å². The van der Waals surface area contributed by atoms with Crippen LogP contribution in [0.25, 0.3) is 0 Å². The molecular formula is C17H18O3. The van der Waals surface area contributed by atoms with E-state index in [-0.39, 0.29) is 12.7 Å². The molecule has 0 saturated heterocycles. The number of fused-ring (bicyclic) bond motifs is 1. The van der Waals surface area contributed by atoms with E-state index in [4.69, 9.17) is 9.47 Å². The summed E-state index contributed by atoms with van der Waals surface area (Å²) in [4.78, 5) is 0. The lowest BCUT2D eigenvalue weighted by atomic mass is 9.98. The van der Waals surface area contributed by atoms with Gasteiger partial charge in [0.2, 0.25) is 0 Å². The summed E-state index contributed by atoms with van der Waals surface area (Å²) < 4.78 is 11.7. The number of hydrogen-bond donors (Lipinski definition) is 1. The Labute approximate surface area is 118 Å². The summed E-state index contributed by atoms with van der Waals surface area (Å²) in [7, 11) is 0. The van der Waals surface area contributed by atoms with Gasteiger partial charge in [0, 0.05) is 5.56 Å². The third-order valence-corrected chi connectivity index (χ3v) is 3.63. The van der Waals surface area contributed by atoms with Crippen molar-refractivity contribution < 1.29 is 14.6 Å². The number of ether oxygens (including phenoxy) is 2. The number of rotatable bonds is 4. The van der Waals surface area contributed by atoms with Crippen LogP contribution in [0.15, 0.2) is 48.5 Å². The lowest BCUT2D eigenvalue weighted by molar-refractivity contribution is 0.00974. The summed E-state index contributed by atoms with van der Waals surface area (Å²) in [5.41, 5.74) is 3.35. The van der Waals surface area contributed by atoms with Crippen molar-refractivity contribution in [2.24, 2.45) is 0 Å². The van der Waals surface area contributed by atoms with Crippen molar-refractivity contribution in [1.29, 1.82) is 0 Å². The average molecular weight is 270 g/mol. The zero-order valence-electron chi connectivity index (χ0n) is 11.3. The van der Waals surface area contributed by atoms with Gasteiger partial charge < -0.3 is 14.6 Å². The minimum Gasteiger partial charge on any atom is -0.490 e. The van der Waals surface area contributed by atoms with E-state index in [1.165, 1.54) is 11.1 Å². The Balaban J connectivity index is 1.73. The zero-order valence-corrected chi connectivity index (χ0v) is 11.3. The summed E-state index contributed by atoms with van der Waals surface area (Å²) in [6, 6.07) is 15.9. The molecular weight excluding hydrogens is 252 g/mol. The highest BCUT2D eigenvalue weighted by Crippen LogP contribution is 2.28. The van der Waals surface area contributed by atoms with Gasteiger partial charge in [-0.3, -0.25) is 0 Å². The maximum atomic E-state index is 9.30. The molecule has 1 atom stereocenters. The topological polar surface area (TPSA) is 38.7 Å². The zero-order chi connectivity index (χ0) is 13.8. The standard InChI is InChI=1S/C17H18O3/c18-11-14-6-2-4-8-16(14)20-12-17-15-7-3-1-5-13(15)9-10-19-17/h1-8,17-18H,9-12H2. The second kappa shape index (κ2) is 6.07. The second-order valence-electron chi connectivity index (χ2n) is 4.89. The highest BCUT2D eigenvalue weighted by Gasteiger charge is 2.21. The molecule has 104 valence electrons. The van der Waals surface area contributed by atoms with Crippen LogP contribution in [-0.4, -0.2) is 18.3 Å². The molecule has 1 aliphatic rings. The van der Waals surface area contributed by atoms with Gasteiger partial charge in [0.1, 0.15) is 18.5 Å². The Hall–Kier alpha value is -1.84. The van der Waals surface area contributed by atoms with E-state index in [0.29, 0.717) is 6.61 Å². The van der Waals surface area contributed by atoms with E-state index >= 15 is 0 Å². The van der Waals surface area contributed by atoms with Gasteiger partial charge >= 0.3 is 0 Å². The molecule has 20 heavy (non-hydrogen) atoms. The van der Waals surface area contributed by atoms with Crippen LogP contribution in [0.3, 0.4) is 0 Å². The molecule has 3 rings (SSSR count). The fraction of sp³-hybridized carbons (Fsp3) is 0.294. The van der Waals surface area contributed by atoms with Crippen molar-refractivity contribution in [1.82, 2.24) is 0 Å². The van der Waals surface area contributed by atoms with Gasteiger partial charge in [0.25, 0.3) is 0 Å². The summed E-state index contributed by atoms with van der Waals surface area (Å²) >= 11 is 0. The van der Waals surface area contributed by atoms with E-state index in [2.05, 4.69) is 18.2 Å². The maximum Gasteiger partial charge on any atom is 0.124 e. The van der Waals surface area contributed by atoms with Crippen molar-refractivity contribution in [3.05, 3.63) is 65.2 Å². The molecule has 1 N–H and O–H groups in total. The molecule has 0 fully saturated rings. The van der Waals surface area contributed by atoms with Crippen molar-refractivity contribution >= 4 is 0 Å². The lowest BCUT2D eigenvalue weighted by Gasteiger charge is -2.26. The predicted molar refractivity (Wildman–Crippen MR) is 76.7 cm³/mol. The minimum atomic E-state index is -0.0355. The summed E-state index contributed by atoms with van der Waals surface area (Å²) in [5.74, 6) is 0.724. The van der Waals surface area contributed by atoms with Crippen molar-refractivity contribution in [2.45, 2.75) is 19.1 Å². The molecule has 1 aliphatic heterocycles. The number of hydrogen-bond acceptors (Lipinski definition) is 3. The monoisotopic (exact) mass is 270 g/mol. The number of para-hydroxylation sites is 1. The molecule has 0 aliphatic carbocycles. The van der Waals surface area contributed by atoms with Crippen LogP contribution < -0.4 is 4.74 Å². The lowest BCUT2D eigenvalue weighted by Crippen LogP contribution is -2.21. The Kier molecular flexibility index (Phi) is 4.00. The van der Waals surface area contributed by atoms with Crippen molar-refractivity contribution in [3.63, 3.8) is 0 Å². The highest BCUT2D eigenvalue weighted by molar-refractivity contribution is 5.34. The normalized spacial score (nSPS) is 17.6.